The molecule has 2 heterocycles. The lowest BCUT2D eigenvalue weighted by molar-refractivity contribution is -0.304. The number of hydrogen-bond donors (Lipinski definition) is 4. The molecule has 2 aliphatic heterocycles. The van der Waals surface area contributed by atoms with Crippen molar-refractivity contribution in [1.29, 1.82) is 0 Å². The molecule has 0 saturated carbocycles. The summed E-state index contributed by atoms with van der Waals surface area (Å²) in [6.45, 7) is 24.5. The Morgan fingerprint density at radius 3 is 1.67 bits per heavy atom. The Morgan fingerprint density at radius 1 is 0.804 bits per heavy atom. The van der Waals surface area contributed by atoms with E-state index in [1.165, 1.54) is 0 Å². The number of ether oxygens (including phenoxy) is 5. The number of nitrogens with two attached hydrogens (primary N) is 1. The maximum absolute atomic E-state index is 12.6. The van der Waals surface area contributed by atoms with E-state index in [0.29, 0.717) is 19.8 Å². The molecule has 0 aliphatic carbocycles. The minimum Gasteiger partial charge on any atom is -0.445 e. The first kappa shape index (κ1) is 41.3. The van der Waals surface area contributed by atoms with Crippen LogP contribution in [-0.4, -0.2) is 80.1 Å². The lowest BCUT2D eigenvalue weighted by Crippen LogP contribution is -2.57. The molecule has 0 bridgehead atoms. The van der Waals surface area contributed by atoms with Crippen LogP contribution in [0.3, 0.4) is 0 Å². The minimum absolute atomic E-state index is 0.0603. The van der Waals surface area contributed by atoms with Gasteiger partial charge in [0.05, 0.1) is 13.2 Å². The molecule has 0 unspecified atom stereocenters. The van der Waals surface area contributed by atoms with Gasteiger partial charge in [-0.2, -0.15) is 0 Å². The first-order chi connectivity index (χ1) is 21.2. The molecule has 0 aromatic heterocycles. The summed E-state index contributed by atoms with van der Waals surface area (Å²) in [6.07, 6.45) is -1.66. The maximum Gasteiger partial charge on any atom is 0.407 e. The second-order valence-corrected chi connectivity index (χ2v) is 13.9. The normalized spacial score (nSPS) is 23.4. The van der Waals surface area contributed by atoms with Gasteiger partial charge < -0.3 is 45.4 Å². The molecule has 46 heavy (non-hydrogen) atoms. The summed E-state index contributed by atoms with van der Waals surface area (Å²) in [6, 6.07) is 9.09. The molecule has 0 spiro atoms. The van der Waals surface area contributed by atoms with Gasteiger partial charge >= 0.3 is 6.09 Å². The highest BCUT2D eigenvalue weighted by Crippen LogP contribution is 2.35. The number of alkyl carbamates (subject to hydrolysis) is 1. The number of benzene rings is 1. The molecule has 2 aliphatic rings. The summed E-state index contributed by atoms with van der Waals surface area (Å²) in [5.74, 6) is -1.86. The third-order valence-electron chi connectivity index (χ3n) is 7.04. The molecule has 0 radical (unpaired) electrons. The van der Waals surface area contributed by atoms with E-state index in [-0.39, 0.29) is 42.5 Å². The molecule has 12 nitrogen and oxygen atoms in total. The molecule has 264 valence electrons. The lowest BCUT2D eigenvalue weighted by Gasteiger charge is -2.44. The third kappa shape index (κ3) is 14.3. The van der Waals surface area contributed by atoms with Crippen LogP contribution in [0.2, 0.25) is 0 Å². The monoisotopic (exact) mass is 652 g/mol. The van der Waals surface area contributed by atoms with E-state index >= 15 is 0 Å². The summed E-state index contributed by atoms with van der Waals surface area (Å²) in [4.78, 5) is 36.5. The van der Waals surface area contributed by atoms with Gasteiger partial charge in [-0.3, -0.25) is 9.59 Å². The fraction of sp³-hybridized carbons (Fsp3) is 0.735. The minimum atomic E-state index is -0.803. The van der Waals surface area contributed by atoms with E-state index in [2.05, 4.69) is 16.0 Å². The molecule has 2 saturated heterocycles. The van der Waals surface area contributed by atoms with Crippen molar-refractivity contribution >= 4 is 17.9 Å². The highest BCUT2D eigenvalue weighted by atomic mass is 16.7. The van der Waals surface area contributed by atoms with Crippen LogP contribution in [0.4, 0.5) is 4.79 Å². The third-order valence-corrected chi connectivity index (χ3v) is 7.04. The van der Waals surface area contributed by atoms with E-state index in [4.69, 9.17) is 29.4 Å². The van der Waals surface area contributed by atoms with Gasteiger partial charge in [-0.05, 0) is 47.1 Å². The van der Waals surface area contributed by atoms with Crippen molar-refractivity contribution in [3.8, 4) is 0 Å². The molecule has 3 amide bonds. The van der Waals surface area contributed by atoms with Crippen LogP contribution >= 0.6 is 0 Å². The number of rotatable bonds is 9. The molecule has 3 rings (SSSR count). The topological polar surface area (TPSA) is 159 Å². The predicted octanol–water partition coefficient (Wildman–Crippen LogP) is 4.25. The first-order valence-electron chi connectivity index (χ1n) is 16.1. The van der Waals surface area contributed by atoms with Gasteiger partial charge in [0.1, 0.15) is 18.8 Å². The first-order valence-corrected chi connectivity index (χ1v) is 16.1. The summed E-state index contributed by atoms with van der Waals surface area (Å²) in [7, 11) is 0. The van der Waals surface area contributed by atoms with Crippen LogP contribution < -0.4 is 21.7 Å². The van der Waals surface area contributed by atoms with Crippen molar-refractivity contribution in [2.45, 2.75) is 126 Å². The van der Waals surface area contributed by atoms with Gasteiger partial charge in [0.15, 0.2) is 11.6 Å². The Labute approximate surface area is 276 Å². The number of hydrogen-bond acceptors (Lipinski definition) is 9. The molecule has 2 fully saturated rings. The zero-order chi connectivity index (χ0) is 35.3. The van der Waals surface area contributed by atoms with Crippen LogP contribution in [-0.2, 0) is 39.9 Å². The summed E-state index contributed by atoms with van der Waals surface area (Å²) in [5.41, 5.74) is 5.75. The van der Waals surface area contributed by atoms with Crippen molar-refractivity contribution in [2.24, 2.45) is 16.6 Å². The fourth-order valence-corrected chi connectivity index (χ4v) is 4.36. The molecular weight excluding hydrogens is 592 g/mol. The van der Waals surface area contributed by atoms with Gasteiger partial charge in [0.25, 0.3) is 0 Å². The predicted molar refractivity (Wildman–Crippen MR) is 178 cm³/mol. The Morgan fingerprint density at radius 2 is 1.24 bits per heavy atom. The summed E-state index contributed by atoms with van der Waals surface area (Å²) >= 11 is 0. The lowest BCUT2D eigenvalue weighted by atomic mass is 9.85. The number of amides is 3. The SMILES string of the molecule is CC.C[C@@H](CNC(=O)[C@H]1OC(C)(C)OCC1(C)C)NC(=O)OCc1ccccc1.C[C@H](N)CNC(=O)[C@H]1OC(C)(C)OCC1(C)C. The molecule has 12 heteroatoms. The van der Waals surface area contributed by atoms with Gasteiger partial charge in [-0.15, -0.1) is 0 Å². The molecular formula is C34H60N4O8. The van der Waals surface area contributed by atoms with Crippen molar-refractivity contribution in [3.05, 3.63) is 35.9 Å². The molecule has 4 atom stereocenters. The summed E-state index contributed by atoms with van der Waals surface area (Å²) < 4.78 is 27.9. The average Bonchev–Trinajstić information content (AvgIpc) is 2.98. The van der Waals surface area contributed by atoms with Gasteiger partial charge in [-0.1, -0.05) is 71.9 Å². The van der Waals surface area contributed by atoms with Crippen molar-refractivity contribution in [2.75, 3.05) is 26.3 Å². The average molecular weight is 653 g/mol. The largest absolute Gasteiger partial charge is 0.445 e. The van der Waals surface area contributed by atoms with Gasteiger partial charge in [0, 0.05) is 36.0 Å². The second-order valence-electron chi connectivity index (χ2n) is 13.9. The van der Waals surface area contributed by atoms with Crippen molar-refractivity contribution in [3.63, 3.8) is 0 Å². The van der Waals surface area contributed by atoms with E-state index in [1.807, 2.05) is 92.6 Å². The van der Waals surface area contributed by atoms with Crippen LogP contribution in [0, 0.1) is 10.8 Å². The van der Waals surface area contributed by atoms with E-state index in [1.54, 1.807) is 20.8 Å². The molecule has 5 N–H and O–H groups in total. The number of carbonyl (C=O) groups is 3. The second kappa shape index (κ2) is 18.0. The quantitative estimate of drug-likeness (QED) is 0.306. The Kier molecular flexibility index (Phi) is 16.1. The standard InChI is InChI=1S/C20H30N2O5.C12H24N2O3.C2H6/c1-14(22-18(24)25-12-15-9-7-6-8-10-15)11-21-17(23)16-19(2,3)13-26-20(4,5)27-16;1-8(13)6-14-10(15)9-11(2,3)7-16-12(4,5)17-9;1-2/h6-10,14,16H,11-13H2,1-5H3,(H,21,23)(H,22,24);8-9H,6-7,13H2,1-5H3,(H,14,15);1-2H3/t14-,16+;8-,9+;/m00./s1. The van der Waals surface area contributed by atoms with Crippen LogP contribution in [0.1, 0.15) is 88.6 Å². The zero-order valence-corrected chi connectivity index (χ0v) is 30.1. The Bertz CT molecular complexity index is 1090. The smallest absolute Gasteiger partial charge is 0.407 e. The van der Waals surface area contributed by atoms with Crippen LogP contribution in [0.15, 0.2) is 30.3 Å². The van der Waals surface area contributed by atoms with E-state index in [0.717, 1.165) is 5.56 Å². The highest BCUT2D eigenvalue weighted by Gasteiger charge is 2.46. The highest BCUT2D eigenvalue weighted by molar-refractivity contribution is 5.82. The summed E-state index contributed by atoms with van der Waals surface area (Å²) in [5, 5.41) is 8.34. The van der Waals surface area contributed by atoms with Crippen LogP contribution in [0.25, 0.3) is 0 Å². The zero-order valence-electron chi connectivity index (χ0n) is 30.1. The van der Waals surface area contributed by atoms with Crippen LogP contribution in [0.5, 0.6) is 0 Å². The maximum atomic E-state index is 12.6. The Hall–Kier alpha value is -2.77. The number of nitrogens with one attached hydrogen (secondary N) is 3. The van der Waals surface area contributed by atoms with Gasteiger partial charge in [-0.25, -0.2) is 4.79 Å². The number of carbonyl (C=O) groups excluding carboxylic acids is 3. The van der Waals surface area contributed by atoms with Crippen molar-refractivity contribution < 1.29 is 38.1 Å². The van der Waals surface area contributed by atoms with Crippen molar-refractivity contribution in [1.82, 2.24) is 16.0 Å². The van der Waals surface area contributed by atoms with E-state index in [9.17, 15) is 14.4 Å². The molecule has 1 aromatic rings. The molecule has 1 aromatic carbocycles. The van der Waals surface area contributed by atoms with Gasteiger partial charge in [0.2, 0.25) is 11.8 Å². The van der Waals surface area contributed by atoms with E-state index < -0.39 is 35.3 Å². The fourth-order valence-electron chi connectivity index (χ4n) is 4.36. The Balaban J connectivity index is 0.000000479.